The summed E-state index contributed by atoms with van der Waals surface area (Å²) in [6, 6.07) is 14.7. The highest BCUT2D eigenvalue weighted by Gasteiger charge is 2.17. The van der Waals surface area contributed by atoms with Gasteiger partial charge in [0.15, 0.2) is 11.5 Å². The molecule has 0 unspecified atom stereocenters. The number of carbonyl (C=O) groups is 2. The molecule has 1 amide bonds. The summed E-state index contributed by atoms with van der Waals surface area (Å²) < 4.78 is 1.75. The standard InChI is InChI=1S/C17H18N6O.C11H15NO/c24-12-13-4-6-14(7-5-13)19-15-16-18-8-11-23(16)21-17(20-15)22-9-2-1-3-10-22;1-11(2,3)9-6-4-8(5-7-9)10(12)13/h4-8,11-12H,1-3,9-10H2,(H,19,20,21);4-7H,1-3H3,(H2,12,13). The van der Waals surface area contributed by atoms with Crippen LogP contribution in [0.1, 0.15) is 66.3 Å². The number of benzene rings is 2. The molecular weight excluding hydrogens is 466 g/mol. The van der Waals surface area contributed by atoms with E-state index in [0.29, 0.717) is 28.5 Å². The number of nitrogens with zero attached hydrogens (tertiary/aromatic N) is 5. The largest absolute Gasteiger partial charge is 0.366 e. The number of nitrogens with one attached hydrogen (secondary N) is 1. The molecule has 0 saturated carbocycles. The number of anilines is 3. The minimum Gasteiger partial charge on any atom is -0.366 e. The number of amides is 1. The van der Waals surface area contributed by atoms with Gasteiger partial charge >= 0.3 is 0 Å². The number of primary amides is 1. The van der Waals surface area contributed by atoms with Crippen LogP contribution in [0.4, 0.5) is 17.5 Å². The molecule has 9 nitrogen and oxygen atoms in total. The van der Waals surface area contributed by atoms with Gasteiger partial charge in [0.2, 0.25) is 11.9 Å². The molecule has 3 N–H and O–H groups in total. The average Bonchev–Trinajstić information content (AvgIpc) is 3.39. The van der Waals surface area contributed by atoms with Gasteiger partial charge in [-0.1, -0.05) is 32.9 Å². The number of piperidine rings is 1. The van der Waals surface area contributed by atoms with Gasteiger partial charge in [0.25, 0.3) is 0 Å². The Morgan fingerprint density at radius 1 is 1.00 bits per heavy atom. The van der Waals surface area contributed by atoms with Gasteiger partial charge in [-0.05, 0) is 66.6 Å². The lowest BCUT2D eigenvalue weighted by Gasteiger charge is -2.26. The Kier molecular flexibility index (Phi) is 7.81. The maximum atomic E-state index is 10.8. The van der Waals surface area contributed by atoms with E-state index in [-0.39, 0.29) is 11.3 Å². The number of hydrogen-bond donors (Lipinski definition) is 2. The predicted molar refractivity (Wildman–Crippen MR) is 146 cm³/mol. The van der Waals surface area contributed by atoms with E-state index in [2.05, 4.69) is 46.1 Å². The van der Waals surface area contributed by atoms with E-state index in [0.717, 1.165) is 25.1 Å². The first-order chi connectivity index (χ1) is 17.7. The number of fused-ring (bicyclic) bond motifs is 1. The molecule has 0 aliphatic carbocycles. The van der Waals surface area contributed by atoms with E-state index in [9.17, 15) is 9.59 Å². The predicted octanol–water partition coefficient (Wildman–Crippen LogP) is 4.75. The van der Waals surface area contributed by atoms with Crippen molar-refractivity contribution in [2.45, 2.75) is 45.4 Å². The monoisotopic (exact) mass is 499 g/mol. The Labute approximate surface area is 216 Å². The fraction of sp³-hybridized carbons (Fsp3) is 0.321. The van der Waals surface area contributed by atoms with Crippen molar-refractivity contribution >= 4 is 35.3 Å². The van der Waals surface area contributed by atoms with Gasteiger partial charge in [-0.15, -0.1) is 5.10 Å². The molecule has 9 heteroatoms. The topological polar surface area (TPSA) is 119 Å². The molecule has 1 aliphatic heterocycles. The van der Waals surface area contributed by atoms with Gasteiger partial charge in [-0.2, -0.15) is 4.98 Å². The van der Waals surface area contributed by atoms with Crippen LogP contribution >= 0.6 is 0 Å². The van der Waals surface area contributed by atoms with Crippen molar-refractivity contribution in [1.29, 1.82) is 0 Å². The molecule has 2 aromatic heterocycles. The second kappa shape index (κ2) is 11.2. The molecule has 1 fully saturated rings. The molecule has 0 radical (unpaired) electrons. The first-order valence-electron chi connectivity index (χ1n) is 12.4. The third-order valence-electron chi connectivity index (χ3n) is 6.23. The zero-order valence-electron chi connectivity index (χ0n) is 21.5. The lowest BCUT2D eigenvalue weighted by Crippen LogP contribution is -2.31. The van der Waals surface area contributed by atoms with Gasteiger partial charge in [-0.3, -0.25) is 9.59 Å². The summed E-state index contributed by atoms with van der Waals surface area (Å²) in [6.07, 6.45) is 7.96. The smallest absolute Gasteiger partial charge is 0.248 e. The quantitative estimate of drug-likeness (QED) is 0.380. The number of aromatic nitrogens is 4. The summed E-state index contributed by atoms with van der Waals surface area (Å²) in [5.74, 6) is 1.00. The fourth-order valence-electron chi connectivity index (χ4n) is 4.04. The maximum Gasteiger partial charge on any atom is 0.248 e. The van der Waals surface area contributed by atoms with Crippen LogP contribution in [0.25, 0.3) is 5.65 Å². The summed E-state index contributed by atoms with van der Waals surface area (Å²) in [4.78, 5) is 32.8. The van der Waals surface area contributed by atoms with Gasteiger partial charge in [-0.25, -0.2) is 9.50 Å². The number of carbonyl (C=O) groups excluding carboxylic acids is 2. The van der Waals surface area contributed by atoms with E-state index in [1.807, 2.05) is 30.5 Å². The van der Waals surface area contributed by atoms with E-state index >= 15 is 0 Å². The van der Waals surface area contributed by atoms with Crippen LogP contribution in [0.3, 0.4) is 0 Å². The van der Waals surface area contributed by atoms with Crippen LogP contribution in [0.2, 0.25) is 0 Å². The van der Waals surface area contributed by atoms with Crippen molar-refractivity contribution in [3.8, 4) is 0 Å². The van der Waals surface area contributed by atoms with Crippen molar-refractivity contribution in [2.75, 3.05) is 23.3 Å². The first kappa shape index (κ1) is 25.8. The third kappa shape index (κ3) is 6.49. The third-order valence-corrected chi connectivity index (χ3v) is 6.23. The normalized spacial score (nSPS) is 13.5. The van der Waals surface area contributed by atoms with Crippen molar-refractivity contribution in [1.82, 2.24) is 19.6 Å². The van der Waals surface area contributed by atoms with Crippen LogP contribution in [0.15, 0.2) is 60.9 Å². The second-order valence-electron chi connectivity index (χ2n) is 10.1. The SMILES string of the molecule is CC(C)(C)c1ccc(C(N)=O)cc1.O=Cc1ccc(Nc2nc(N3CCCCC3)nn3ccnc23)cc1. The molecule has 0 spiro atoms. The Morgan fingerprint density at radius 3 is 2.27 bits per heavy atom. The van der Waals surface area contributed by atoms with E-state index in [1.54, 1.807) is 35.0 Å². The van der Waals surface area contributed by atoms with Gasteiger partial charge < -0.3 is 16.0 Å². The van der Waals surface area contributed by atoms with Crippen LogP contribution in [-0.4, -0.2) is 44.9 Å². The van der Waals surface area contributed by atoms with Crippen molar-refractivity contribution in [3.05, 3.63) is 77.6 Å². The number of aldehydes is 1. The van der Waals surface area contributed by atoms with Gasteiger partial charge in [0, 0.05) is 42.3 Å². The minimum absolute atomic E-state index is 0.121. The summed E-state index contributed by atoms with van der Waals surface area (Å²) in [7, 11) is 0. The van der Waals surface area contributed by atoms with E-state index < -0.39 is 0 Å². The molecule has 0 bridgehead atoms. The molecule has 1 saturated heterocycles. The second-order valence-corrected chi connectivity index (χ2v) is 10.1. The Bertz CT molecular complexity index is 1350. The van der Waals surface area contributed by atoms with Crippen molar-refractivity contribution in [3.63, 3.8) is 0 Å². The van der Waals surface area contributed by atoms with E-state index in [1.165, 1.54) is 24.8 Å². The highest BCUT2D eigenvalue weighted by molar-refractivity contribution is 5.92. The molecule has 37 heavy (non-hydrogen) atoms. The Hall–Kier alpha value is -4.27. The first-order valence-corrected chi connectivity index (χ1v) is 12.4. The van der Waals surface area contributed by atoms with Crippen LogP contribution in [0.5, 0.6) is 0 Å². The van der Waals surface area contributed by atoms with Crippen LogP contribution < -0.4 is 16.0 Å². The molecule has 1 aliphatic rings. The molecular formula is C28H33N7O2. The molecule has 0 atom stereocenters. The van der Waals surface area contributed by atoms with Crippen LogP contribution in [0, 0.1) is 0 Å². The maximum absolute atomic E-state index is 10.8. The number of nitrogens with two attached hydrogens (primary N) is 1. The minimum atomic E-state index is -0.375. The summed E-state index contributed by atoms with van der Waals surface area (Å²) in [5, 5.41) is 7.86. The van der Waals surface area contributed by atoms with Crippen molar-refractivity contribution in [2.24, 2.45) is 5.73 Å². The lowest BCUT2D eigenvalue weighted by molar-refractivity contribution is 0.0999. The summed E-state index contributed by atoms with van der Waals surface area (Å²) in [6.45, 7) is 8.35. The van der Waals surface area contributed by atoms with Crippen molar-refractivity contribution < 1.29 is 9.59 Å². The number of rotatable bonds is 5. The fourth-order valence-corrected chi connectivity index (χ4v) is 4.04. The summed E-state index contributed by atoms with van der Waals surface area (Å²) >= 11 is 0. The zero-order chi connectivity index (χ0) is 26.4. The summed E-state index contributed by atoms with van der Waals surface area (Å²) in [5.41, 5.74) is 9.20. The Balaban J connectivity index is 0.000000209. The number of hydrogen-bond acceptors (Lipinski definition) is 7. The highest BCUT2D eigenvalue weighted by atomic mass is 16.1. The Morgan fingerprint density at radius 2 is 1.68 bits per heavy atom. The molecule has 3 heterocycles. The van der Waals surface area contributed by atoms with E-state index in [4.69, 9.17) is 5.73 Å². The van der Waals surface area contributed by atoms with Gasteiger partial charge in [0.05, 0.1) is 0 Å². The lowest BCUT2D eigenvalue weighted by atomic mass is 9.87. The molecule has 4 aromatic rings. The number of imidazole rings is 1. The zero-order valence-corrected chi connectivity index (χ0v) is 21.5. The molecule has 5 rings (SSSR count). The molecule has 192 valence electrons. The molecule has 2 aromatic carbocycles. The van der Waals surface area contributed by atoms with Gasteiger partial charge in [0.1, 0.15) is 6.29 Å². The average molecular weight is 500 g/mol. The van der Waals surface area contributed by atoms with Crippen LogP contribution in [-0.2, 0) is 5.41 Å². The highest BCUT2D eigenvalue weighted by Crippen LogP contribution is 2.23.